The fourth-order valence-electron chi connectivity index (χ4n) is 1.60. The van der Waals surface area contributed by atoms with Crippen LogP contribution in [0.2, 0.25) is 0 Å². The van der Waals surface area contributed by atoms with Crippen LogP contribution in [0.1, 0.15) is 6.42 Å². The molecule has 0 bridgehead atoms. The van der Waals surface area contributed by atoms with Crippen LogP contribution in [0.3, 0.4) is 0 Å². The first-order valence-corrected chi connectivity index (χ1v) is 4.59. The zero-order valence-electron chi connectivity index (χ0n) is 7.76. The molecule has 0 aliphatic carbocycles. The van der Waals surface area contributed by atoms with E-state index in [0.29, 0.717) is 25.3 Å². The van der Waals surface area contributed by atoms with E-state index >= 15 is 0 Å². The maximum Gasteiger partial charge on any atom is 0.228 e. The Balaban J connectivity index is 2.17. The summed E-state index contributed by atoms with van der Waals surface area (Å²) in [4.78, 5) is 13.2. The van der Waals surface area contributed by atoms with Gasteiger partial charge in [-0.25, -0.2) is 0 Å². The van der Waals surface area contributed by atoms with Gasteiger partial charge in [-0.15, -0.1) is 5.10 Å². The second-order valence-corrected chi connectivity index (χ2v) is 3.39. The molecule has 1 aromatic heterocycles. The van der Waals surface area contributed by atoms with Crippen molar-refractivity contribution in [2.45, 2.75) is 6.42 Å². The highest BCUT2D eigenvalue weighted by Crippen LogP contribution is 2.21. The Morgan fingerprint density at radius 2 is 2.50 bits per heavy atom. The number of aromatic nitrogens is 2. The molecule has 0 radical (unpaired) electrons. The van der Waals surface area contributed by atoms with Gasteiger partial charge < -0.3 is 5.73 Å². The first-order valence-electron chi connectivity index (χ1n) is 4.59. The number of hydrogen-bond donors (Lipinski definition) is 1. The van der Waals surface area contributed by atoms with Gasteiger partial charge in [0.05, 0.1) is 0 Å². The van der Waals surface area contributed by atoms with Gasteiger partial charge in [-0.3, -0.25) is 9.69 Å². The van der Waals surface area contributed by atoms with Gasteiger partial charge in [0.1, 0.15) is 0 Å². The zero-order valence-corrected chi connectivity index (χ0v) is 7.76. The van der Waals surface area contributed by atoms with Crippen LogP contribution >= 0.6 is 0 Å². The van der Waals surface area contributed by atoms with E-state index in [-0.39, 0.29) is 11.8 Å². The number of amides is 1. The fraction of sp³-hybridized carbons (Fsp3) is 0.444. The minimum absolute atomic E-state index is 0.0842. The number of nitrogens with two attached hydrogens (primary N) is 1. The molecular weight excluding hydrogens is 180 g/mol. The predicted octanol–water partition coefficient (Wildman–Crippen LogP) is -0.212. The smallest absolute Gasteiger partial charge is 0.228 e. The molecule has 1 aromatic rings. The summed E-state index contributed by atoms with van der Waals surface area (Å²) in [6.45, 7) is 1.20. The first kappa shape index (κ1) is 9.08. The molecule has 0 aromatic carbocycles. The lowest BCUT2D eigenvalue weighted by molar-refractivity contribution is -0.117. The van der Waals surface area contributed by atoms with Crippen LogP contribution in [0, 0.1) is 5.92 Å². The molecule has 1 unspecified atom stereocenters. The molecule has 1 atom stereocenters. The van der Waals surface area contributed by atoms with E-state index in [1.54, 1.807) is 23.2 Å². The molecule has 74 valence electrons. The lowest BCUT2D eigenvalue weighted by Gasteiger charge is -2.13. The van der Waals surface area contributed by atoms with E-state index in [2.05, 4.69) is 10.2 Å². The number of nitrogens with zero attached hydrogens (tertiary/aromatic N) is 3. The van der Waals surface area contributed by atoms with E-state index in [4.69, 9.17) is 5.73 Å². The van der Waals surface area contributed by atoms with Crippen molar-refractivity contribution in [1.29, 1.82) is 0 Å². The maximum absolute atomic E-state index is 11.5. The Hall–Kier alpha value is -1.49. The summed E-state index contributed by atoms with van der Waals surface area (Å²) in [5.41, 5.74) is 5.52. The third kappa shape index (κ3) is 1.58. The zero-order chi connectivity index (χ0) is 9.97. The van der Waals surface area contributed by atoms with Crippen LogP contribution in [0.4, 0.5) is 5.82 Å². The number of carbonyl (C=O) groups is 1. The van der Waals surface area contributed by atoms with E-state index in [1.165, 1.54) is 0 Å². The summed E-state index contributed by atoms with van der Waals surface area (Å²) in [7, 11) is 0. The van der Waals surface area contributed by atoms with Crippen molar-refractivity contribution in [1.82, 2.24) is 10.2 Å². The predicted molar refractivity (Wildman–Crippen MR) is 51.5 cm³/mol. The third-order valence-electron chi connectivity index (χ3n) is 2.37. The van der Waals surface area contributed by atoms with Crippen LogP contribution in [-0.4, -0.2) is 29.2 Å². The van der Waals surface area contributed by atoms with Gasteiger partial charge in [0.2, 0.25) is 5.91 Å². The molecule has 1 fully saturated rings. The van der Waals surface area contributed by atoms with Crippen molar-refractivity contribution in [3.63, 3.8) is 0 Å². The number of rotatable bonds is 2. The summed E-state index contributed by atoms with van der Waals surface area (Å²) in [5.74, 6) is 0.957. The Bertz CT molecular complexity index is 327. The van der Waals surface area contributed by atoms with Gasteiger partial charge in [0, 0.05) is 19.2 Å². The summed E-state index contributed by atoms with van der Waals surface area (Å²) in [6.07, 6.45) is 2.11. The van der Waals surface area contributed by atoms with Crippen molar-refractivity contribution in [2.75, 3.05) is 18.0 Å². The van der Waals surface area contributed by atoms with Crippen LogP contribution < -0.4 is 10.6 Å². The van der Waals surface area contributed by atoms with Crippen molar-refractivity contribution >= 4 is 11.7 Å². The first-order chi connectivity index (χ1) is 6.81. The highest BCUT2D eigenvalue weighted by atomic mass is 16.2. The number of anilines is 1. The van der Waals surface area contributed by atoms with Crippen molar-refractivity contribution in [3.05, 3.63) is 18.3 Å². The SMILES string of the molecule is NCC1CC(=O)N(c2cccnn2)C1. The Morgan fingerprint density at radius 3 is 3.07 bits per heavy atom. The molecular formula is C9H12N4O. The minimum Gasteiger partial charge on any atom is -0.330 e. The summed E-state index contributed by atoms with van der Waals surface area (Å²) < 4.78 is 0. The Kier molecular flexibility index (Phi) is 2.41. The normalized spacial score (nSPS) is 21.6. The van der Waals surface area contributed by atoms with Gasteiger partial charge >= 0.3 is 0 Å². The summed E-state index contributed by atoms with van der Waals surface area (Å²) in [6, 6.07) is 3.55. The molecule has 5 heteroatoms. The number of hydrogen-bond acceptors (Lipinski definition) is 4. The van der Waals surface area contributed by atoms with Crippen LogP contribution in [0.15, 0.2) is 18.3 Å². The minimum atomic E-state index is 0.0842. The fourth-order valence-corrected chi connectivity index (χ4v) is 1.60. The van der Waals surface area contributed by atoms with Crippen molar-refractivity contribution in [2.24, 2.45) is 11.7 Å². The van der Waals surface area contributed by atoms with Crippen LogP contribution in [0.25, 0.3) is 0 Å². The lowest BCUT2D eigenvalue weighted by Crippen LogP contribution is -2.26. The molecule has 1 aliphatic rings. The summed E-state index contributed by atoms with van der Waals surface area (Å²) >= 11 is 0. The van der Waals surface area contributed by atoms with Crippen molar-refractivity contribution in [3.8, 4) is 0 Å². The van der Waals surface area contributed by atoms with E-state index in [9.17, 15) is 4.79 Å². The average molecular weight is 192 g/mol. The van der Waals surface area contributed by atoms with Gasteiger partial charge in [0.25, 0.3) is 0 Å². The lowest BCUT2D eigenvalue weighted by atomic mass is 10.1. The molecule has 2 rings (SSSR count). The van der Waals surface area contributed by atoms with Gasteiger partial charge in [-0.05, 0) is 24.6 Å². The van der Waals surface area contributed by atoms with E-state index in [0.717, 1.165) is 0 Å². The van der Waals surface area contributed by atoms with Gasteiger partial charge in [-0.1, -0.05) is 0 Å². The van der Waals surface area contributed by atoms with Crippen molar-refractivity contribution < 1.29 is 4.79 Å². The molecule has 0 saturated carbocycles. The maximum atomic E-state index is 11.5. The molecule has 1 amide bonds. The molecule has 2 N–H and O–H groups in total. The summed E-state index contributed by atoms with van der Waals surface area (Å²) in [5, 5.41) is 7.63. The third-order valence-corrected chi connectivity index (χ3v) is 2.37. The Morgan fingerprint density at radius 1 is 1.64 bits per heavy atom. The average Bonchev–Trinajstić information content (AvgIpc) is 2.61. The number of carbonyl (C=O) groups excluding carboxylic acids is 1. The quantitative estimate of drug-likeness (QED) is 0.703. The molecule has 1 saturated heterocycles. The highest BCUT2D eigenvalue weighted by molar-refractivity contribution is 5.94. The van der Waals surface area contributed by atoms with Gasteiger partial charge in [0.15, 0.2) is 5.82 Å². The van der Waals surface area contributed by atoms with E-state index < -0.39 is 0 Å². The largest absolute Gasteiger partial charge is 0.330 e. The molecule has 1 aliphatic heterocycles. The second-order valence-electron chi connectivity index (χ2n) is 3.39. The highest BCUT2D eigenvalue weighted by Gasteiger charge is 2.30. The van der Waals surface area contributed by atoms with E-state index in [1.807, 2.05) is 0 Å². The molecule has 0 spiro atoms. The Labute approximate surface area is 81.9 Å². The second kappa shape index (κ2) is 3.71. The van der Waals surface area contributed by atoms with Gasteiger partial charge in [-0.2, -0.15) is 5.10 Å². The topological polar surface area (TPSA) is 72.1 Å². The standard InChI is InChI=1S/C9H12N4O/c10-5-7-4-9(14)13(6-7)8-2-1-3-11-12-8/h1-3,7H,4-6,10H2. The molecule has 2 heterocycles. The monoisotopic (exact) mass is 192 g/mol. The molecule has 14 heavy (non-hydrogen) atoms. The molecule has 5 nitrogen and oxygen atoms in total. The van der Waals surface area contributed by atoms with Crippen LogP contribution in [-0.2, 0) is 4.79 Å². The van der Waals surface area contributed by atoms with Crippen LogP contribution in [0.5, 0.6) is 0 Å².